The van der Waals surface area contributed by atoms with Crippen molar-refractivity contribution in [2.75, 3.05) is 23.3 Å². The molecule has 2 aromatic rings. The highest BCUT2D eigenvalue weighted by Crippen LogP contribution is 2.30. The van der Waals surface area contributed by atoms with Gasteiger partial charge in [-0.1, -0.05) is 31.9 Å². The average molecular weight is 358 g/mol. The number of carbonyl (C=O) groups excluding carboxylic acids is 1. The molecule has 1 N–H and O–H groups in total. The first-order valence-electron chi connectivity index (χ1n) is 9.37. The molecule has 1 saturated heterocycles. The maximum absolute atomic E-state index is 12.0. The zero-order chi connectivity index (χ0) is 17.5. The fraction of sp³-hybridized carbons (Fsp3) is 0.500. The van der Waals surface area contributed by atoms with Crippen molar-refractivity contribution in [2.45, 2.75) is 51.9 Å². The number of hydrogen-bond donors (Lipinski definition) is 1. The number of piperidine rings is 1. The first-order chi connectivity index (χ1) is 12.3. The molecule has 1 aromatic carbocycles. The Bertz CT molecular complexity index is 692. The third kappa shape index (κ3) is 5.05. The summed E-state index contributed by atoms with van der Waals surface area (Å²) >= 11 is 1.71. The molecule has 0 radical (unpaired) electrons. The van der Waals surface area contributed by atoms with Crippen LogP contribution in [0.3, 0.4) is 0 Å². The van der Waals surface area contributed by atoms with E-state index in [1.165, 1.54) is 19.3 Å². The lowest BCUT2D eigenvalue weighted by Crippen LogP contribution is -2.29. The summed E-state index contributed by atoms with van der Waals surface area (Å²) in [5.74, 6) is 0.0953. The first-order valence-corrected chi connectivity index (χ1v) is 10.2. The van der Waals surface area contributed by atoms with Gasteiger partial charge < -0.3 is 10.2 Å². The van der Waals surface area contributed by atoms with Crippen molar-refractivity contribution in [3.05, 3.63) is 29.6 Å². The van der Waals surface area contributed by atoms with E-state index < -0.39 is 0 Å². The number of unbranched alkanes of at least 4 members (excludes halogenated alkanes) is 2. The van der Waals surface area contributed by atoms with Crippen LogP contribution in [0.15, 0.2) is 29.6 Å². The highest BCUT2D eigenvalue weighted by Gasteiger charge is 2.15. The van der Waals surface area contributed by atoms with Crippen molar-refractivity contribution in [1.82, 2.24) is 4.98 Å². The van der Waals surface area contributed by atoms with Gasteiger partial charge in [-0.15, -0.1) is 11.3 Å². The number of thiazole rings is 1. The van der Waals surface area contributed by atoms with Gasteiger partial charge in [-0.25, -0.2) is 4.98 Å². The monoisotopic (exact) mass is 357 g/mol. The summed E-state index contributed by atoms with van der Waals surface area (Å²) in [6.07, 6.45) is 7.62. The molecule has 5 heteroatoms. The van der Waals surface area contributed by atoms with E-state index in [9.17, 15) is 4.79 Å². The smallest absolute Gasteiger partial charge is 0.224 e. The van der Waals surface area contributed by atoms with Gasteiger partial charge in [0.2, 0.25) is 5.91 Å². The van der Waals surface area contributed by atoms with Gasteiger partial charge >= 0.3 is 0 Å². The molecule has 0 spiro atoms. The highest BCUT2D eigenvalue weighted by molar-refractivity contribution is 7.14. The third-order valence-electron chi connectivity index (χ3n) is 4.57. The number of aromatic nitrogens is 1. The van der Waals surface area contributed by atoms with Crippen LogP contribution in [-0.4, -0.2) is 24.0 Å². The van der Waals surface area contributed by atoms with Crippen LogP contribution in [-0.2, 0) is 4.79 Å². The summed E-state index contributed by atoms with van der Waals surface area (Å²) in [7, 11) is 0. The van der Waals surface area contributed by atoms with Crippen LogP contribution in [0.2, 0.25) is 0 Å². The third-order valence-corrected chi connectivity index (χ3v) is 5.47. The van der Waals surface area contributed by atoms with Gasteiger partial charge in [-0.05, 0) is 37.8 Å². The molecular weight excluding hydrogens is 330 g/mol. The number of hydrogen-bond acceptors (Lipinski definition) is 4. The van der Waals surface area contributed by atoms with Crippen LogP contribution >= 0.6 is 11.3 Å². The molecule has 1 aromatic heterocycles. The van der Waals surface area contributed by atoms with E-state index >= 15 is 0 Å². The molecule has 1 aliphatic rings. The van der Waals surface area contributed by atoms with Crippen molar-refractivity contribution in [1.29, 1.82) is 0 Å². The minimum Gasteiger partial charge on any atom is -0.348 e. The Hall–Kier alpha value is -1.88. The van der Waals surface area contributed by atoms with E-state index in [1.54, 1.807) is 11.3 Å². The second-order valence-corrected chi connectivity index (χ2v) is 7.49. The van der Waals surface area contributed by atoms with E-state index in [-0.39, 0.29) is 5.91 Å². The molecule has 4 nitrogen and oxygen atoms in total. The standard InChI is InChI=1S/C20H27N3OS/c1-2-3-5-11-19(24)21-17-10-8-9-16(14-17)18-15-25-20(22-18)23-12-6-4-7-13-23/h8-10,14-15H,2-7,11-13H2,1H3,(H,21,24). The Morgan fingerprint density at radius 3 is 2.88 bits per heavy atom. The van der Waals surface area contributed by atoms with Crippen LogP contribution in [0.25, 0.3) is 11.3 Å². The second-order valence-electron chi connectivity index (χ2n) is 6.65. The quantitative estimate of drug-likeness (QED) is 0.682. The molecule has 1 amide bonds. The van der Waals surface area contributed by atoms with Crippen molar-refractivity contribution >= 4 is 28.1 Å². The molecule has 0 bridgehead atoms. The largest absolute Gasteiger partial charge is 0.348 e. The Kier molecular flexibility index (Phi) is 6.45. The SMILES string of the molecule is CCCCCC(=O)Nc1cccc(-c2csc(N3CCCCC3)n2)c1. The predicted molar refractivity (Wildman–Crippen MR) is 106 cm³/mol. The Morgan fingerprint density at radius 1 is 1.24 bits per heavy atom. The number of nitrogens with one attached hydrogen (secondary N) is 1. The molecule has 0 saturated carbocycles. The normalized spacial score (nSPS) is 14.5. The number of carbonyl (C=O) groups is 1. The van der Waals surface area contributed by atoms with E-state index in [2.05, 4.69) is 28.6 Å². The number of benzene rings is 1. The molecule has 25 heavy (non-hydrogen) atoms. The molecule has 3 rings (SSSR count). The average Bonchev–Trinajstić information content (AvgIpc) is 3.13. The summed E-state index contributed by atoms with van der Waals surface area (Å²) in [4.78, 5) is 19.2. The molecule has 134 valence electrons. The Morgan fingerprint density at radius 2 is 2.08 bits per heavy atom. The first kappa shape index (κ1) is 17.9. The zero-order valence-electron chi connectivity index (χ0n) is 15.0. The number of anilines is 2. The van der Waals surface area contributed by atoms with E-state index in [0.29, 0.717) is 6.42 Å². The van der Waals surface area contributed by atoms with Gasteiger partial charge in [-0.3, -0.25) is 4.79 Å². The molecule has 0 atom stereocenters. The molecule has 0 aliphatic carbocycles. The second kappa shape index (κ2) is 8.99. The molecule has 2 heterocycles. The van der Waals surface area contributed by atoms with Gasteiger partial charge in [0, 0.05) is 36.1 Å². The summed E-state index contributed by atoms with van der Waals surface area (Å²) in [6, 6.07) is 8.00. The fourth-order valence-corrected chi connectivity index (χ4v) is 4.03. The van der Waals surface area contributed by atoms with Gasteiger partial charge in [0.25, 0.3) is 0 Å². The fourth-order valence-electron chi connectivity index (χ4n) is 3.14. The van der Waals surface area contributed by atoms with Gasteiger partial charge in [0.05, 0.1) is 5.69 Å². The Labute approximate surface area is 154 Å². The molecule has 0 unspecified atom stereocenters. The van der Waals surface area contributed by atoms with Crippen molar-refractivity contribution < 1.29 is 4.79 Å². The van der Waals surface area contributed by atoms with Crippen molar-refractivity contribution in [3.63, 3.8) is 0 Å². The van der Waals surface area contributed by atoms with Crippen LogP contribution < -0.4 is 10.2 Å². The summed E-state index contributed by atoms with van der Waals surface area (Å²) < 4.78 is 0. The minimum absolute atomic E-state index is 0.0953. The van der Waals surface area contributed by atoms with Crippen LogP contribution in [0.4, 0.5) is 10.8 Å². The highest BCUT2D eigenvalue weighted by atomic mass is 32.1. The van der Waals surface area contributed by atoms with E-state index in [0.717, 1.165) is 54.4 Å². The lowest BCUT2D eigenvalue weighted by Gasteiger charge is -2.25. The maximum Gasteiger partial charge on any atom is 0.224 e. The maximum atomic E-state index is 12.0. The van der Waals surface area contributed by atoms with Crippen molar-refractivity contribution in [3.8, 4) is 11.3 Å². The summed E-state index contributed by atoms with van der Waals surface area (Å²) in [5.41, 5.74) is 2.91. The lowest BCUT2D eigenvalue weighted by molar-refractivity contribution is -0.116. The van der Waals surface area contributed by atoms with Crippen molar-refractivity contribution in [2.24, 2.45) is 0 Å². The van der Waals surface area contributed by atoms with E-state index in [1.807, 2.05) is 18.2 Å². The topological polar surface area (TPSA) is 45.2 Å². The lowest BCUT2D eigenvalue weighted by atomic mass is 10.1. The number of amides is 1. The van der Waals surface area contributed by atoms with Gasteiger partial charge in [-0.2, -0.15) is 0 Å². The Balaban J connectivity index is 1.65. The van der Waals surface area contributed by atoms with Crippen LogP contribution in [0.1, 0.15) is 51.9 Å². The molecular formula is C20H27N3OS. The summed E-state index contributed by atoms with van der Waals surface area (Å²) in [5, 5.41) is 6.24. The number of rotatable bonds is 7. The van der Waals surface area contributed by atoms with Gasteiger partial charge in [0.15, 0.2) is 5.13 Å². The zero-order valence-corrected chi connectivity index (χ0v) is 15.8. The van der Waals surface area contributed by atoms with Crippen LogP contribution in [0, 0.1) is 0 Å². The minimum atomic E-state index is 0.0953. The molecule has 1 fully saturated rings. The number of nitrogens with zero attached hydrogens (tertiary/aromatic N) is 2. The van der Waals surface area contributed by atoms with Crippen LogP contribution in [0.5, 0.6) is 0 Å². The molecule has 1 aliphatic heterocycles. The van der Waals surface area contributed by atoms with E-state index in [4.69, 9.17) is 4.98 Å². The predicted octanol–water partition coefficient (Wildman–Crippen LogP) is 5.32. The summed E-state index contributed by atoms with van der Waals surface area (Å²) in [6.45, 7) is 4.37. The van der Waals surface area contributed by atoms with Gasteiger partial charge in [0.1, 0.15) is 0 Å².